The van der Waals surface area contributed by atoms with Gasteiger partial charge in [-0.25, -0.2) is 4.39 Å². The summed E-state index contributed by atoms with van der Waals surface area (Å²) >= 11 is 0. The minimum atomic E-state index is -1.94. The molecule has 4 rings (SSSR count). The highest BCUT2D eigenvalue weighted by Crippen LogP contribution is 2.70. The molecule has 0 aliphatic heterocycles. The van der Waals surface area contributed by atoms with Gasteiger partial charge in [0, 0.05) is 23.3 Å². The molecule has 33 heavy (non-hydrogen) atoms. The second-order valence-corrected chi connectivity index (χ2v) is 11.5. The summed E-state index contributed by atoms with van der Waals surface area (Å²) in [6.45, 7) is 8.18. The highest BCUT2D eigenvalue weighted by Gasteiger charge is 2.75. The molecule has 0 bridgehead atoms. The Morgan fingerprint density at radius 2 is 1.97 bits per heavy atom. The van der Waals surface area contributed by atoms with Crippen LogP contribution in [0.2, 0.25) is 0 Å². The van der Waals surface area contributed by atoms with Crippen molar-refractivity contribution >= 4 is 11.7 Å². The summed E-state index contributed by atoms with van der Waals surface area (Å²) in [6, 6.07) is 0. The van der Waals surface area contributed by atoms with Gasteiger partial charge in [-0.3, -0.25) is 9.59 Å². The van der Waals surface area contributed by atoms with Crippen molar-refractivity contribution in [1.82, 2.24) is 5.32 Å². The quantitative estimate of drug-likeness (QED) is 0.521. The van der Waals surface area contributed by atoms with Crippen LogP contribution < -0.4 is 5.32 Å². The molecule has 3 fully saturated rings. The van der Waals surface area contributed by atoms with Gasteiger partial charge in [0.2, 0.25) is 0 Å². The van der Waals surface area contributed by atoms with Gasteiger partial charge < -0.3 is 15.5 Å². The van der Waals surface area contributed by atoms with Crippen molar-refractivity contribution in [1.29, 1.82) is 0 Å². The van der Waals surface area contributed by atoms with Crippen LogP contribution in [0.4, 0.5) is 4.39 Å². The molecule has 0 aromatic heterocycles. The fourth-order valence-electron chi connectivity index (χ4n) is 7.92. The molecule has 0 aromatic rings. The number of alkyl halides is 1. The van der Waals surface area contributed by atoms with E-state index in [4.69, 9.17) is 0 Å². The molecule has 4 aliphatic carbocycles. The van der Waals surface area contributed by atoms with Crippen LogP contribution in [0.25, 0.3) is 0 Å². The first-order chi connectivity index (χ1) is 15.5. The highest BCUT2D eigenvalue weighted by molar-refractivity contribution is 6.01. The zero-order chi connectivity index (χ0) is 24.2. The number of halogens is 1. The number of carbonyl (C=O) groups excluding carboxylic acids is 2. The molecule has 1 amide bonds. The van der Waals surface area contributed by atoms with Crippen molar-refractivity contribution in [2.24, 2.45) is 28.6 Å². The first-order valence-electron chi connectivity index (χ1n) is 12.8. The molecule has 0 spiro atoms. The van der Waals surface area contributed by atoms with E-state index in [0.717, 1.165) is 31.3 Å². The highest BCUT2D eigenvalue weighted by atomic mass is 19.1. The number of aliphatic hydroxyl groups excluding tert-OH is 1. The van der Waals surface area contributed by atoms with Crippen LogP contribution in [0, 0.1) is 28.6 Å². The van der Waals surface area contributed by atoms with E-state index in [1.807, 2.05) is 13.8 Å². The third-order valence-corrected chi connectivity index (χ3v) is 9.88. The Labute approximate surface area is 196 Å². The number of ketones is 1. The van der Waals surface area contributed by atoms with Crippen LogP contribution in [0.1, 0.15) is 79.1 Å². The SMILES string of the molecule is CCCCCCNC(=O)[C@@]1(O)[C@H](C)C[C@H]2C3CCC4=CC(=O)C=C[C@]4(C)[C@@]3(F)[C@@H](O)C[C@@]21C. The number of amides is 1. The molecule has 3 N–H and O–H groups in total. The number of carbonyl (C=O) groups is 2. The Morgan fingerprint density at radius 3 is 2.67 bits per heavy atom. The lowest BCUT2D eigenvalue weighted by atomic mass is 9.44. The van der Waals surface area contributed by atoms with Gasteiger partial charge in [0.15, 0.2) is 17.1 Å². The Hall–Kier alpha value is -1.53. The van der Waals surface area contributed by atoms with Crippen LogP contribution in [0.15, 0.2) is 23.8 Å². The summed E-state index contributed by atoms with van der Waals surface area (Å²) < 4.78 is 17.1. The van der Waals surface area contributed by atoms with Crippen LogP contribution >= 0.6 is 0 Å². The molecule has 0 radical (unpaired) electrons. The second-order valence-electron chi connectivity index (χ2n) is 11.5. The Morgan fingerprint density at radius 1 is 1.24 bits per heavy atom. The summed E-state index contributed by atoms with van der Waals surface area (Å²) in [4.78, 5) is 25.3. The van der Waals surface area contributed by atoms with Crippen molar-refractivity contribution in [3.05, 3.63) is 23.8 Å². The molecule has 8 atom stereocenters. The summed E-state index contributed by atoms with van der Waals surface area (Å²) in [6.07, 6.45) is 8.97. The van der Waals surface area contributed by atoms with E-state index in [0.29, 0.717) is 25.8 Å². The molecule has 3 saturated carbocycles. The van der Waals surface area contributed by atoms with Crippen LogP contribution in [0.3, 0.4) is 0 Å². The van der Waals surface area contributed by atoms with E-state index < -0.39 is 34.1 Å². The monoisotopic (exact) mass is 461 g/mol. The molecule has 1 unspecified atom stereocenters. The second kappa shape index (κ2) is 8.30. The normalized spacial score (nSPS) is 46.3. The van der Waals surface area contributed by atoms with Gasteiger partial charge in [-0.15, -0.1) is 0 Å². The molecule has 6 heteroatoms. The maximum absolute atomic E-state index is 17.1. The minimum Gasteiger partial charge on any atom is -0.390 e. The number of allylic oxidation sites excluding steroid dienone is 4. The van der Waals surface area contributed by atoms with E-state index in [2.05, 4.69) is 12.2 Å². The number of nitrogens with one attached hydrogen (secondary N) is 1. The maximum atomic E-state index is 17.1. The number of aliphatic hydroxyl groups is 2. The molecule has 184 valence electrons. The summed E-state index contributed by atoms with van der Waals surface area (Å²) in [7, 11) is 0. The fourth-order valence-corrected chi connectivity index (χ4v) is 7.92. The fraction of sp³-hybridized carbons (Fsp3) is 0.778. The van der Waals surface area contributed by atoms with Crippen molar-refractivity contribution in [2.75, 3.05) is 6.54 Å². The smallest absolute Gasteiger partial charge is 0.252 e. The predicted molar refractivity (Wildman–Crippen MR) is 125 cm³/mol. The Bertz CT molecular complexity index is 885. The van der Waals surface area contributed by atoms with Gasteiger partial charge >= 0.3 is 0 Å². The van der Waals surface area contributed by atoms with E-state index in [1.54, 1.807) is 13.0 Å². The van der Waals surface area contributed by atoms with Gasteiger partial charge in [-0.05, 0) is 63.0 Å². The number of hydrogen-bond acceptors (Lipinski definition) is 4. The average Bonchev–Trinajstić information content (AvgIpc) is 2.96. The van der Waals surface area contributed by atoms with E-state index >= 15 is 4.39 Å². The van der Waals surface area contributed by atoms with Gasteiger partial charge in [0.25, 0.3) is 5.91 Å². The third-order valence-electron chi connectivity index (χ3n) is 9.88. The van der Waals surface area contributed by atoms with Gasteiger partial charge in [0.05, 0.1) is 6.10 Å². The summed E-state index contributed by atoms with van der Waals surface area (Å²) in [5.74, 6) is -1.60. The lowest BCUT2D eigenvalue weighted by Crippen LogP contribution is -2.70. The summed E-state index contributed by atoms with van der Waals surface area (Å²) in [5.41, 5.74) is -4.84. The number of fused-ring (bicyclic) bond motifs is 5. The minimum absolute atomic E-state index is 0.0133. The van der Waals surface area contributed by atoms with Gasteiger partial charge in [-0.2, -0.15) is 0 Å². The number of unbranched alkanes of at least 4 members (excludes halogenated alkanes) is 3. The molecule has 0 heterocycles. The lowest BCUT2D eigenvalue weighted by molar-refractivity contribution is -0.219. The number of rotatable bonds is 6. The van der Waals surface area contributed by atoms with E-state index in [-0.39, 0.29) is 29.9 Å². The maximum Gasteiger partial charge on any atom is 0.252 e. The first kappa shape index (κ1) is 24.6. The number of hydrogen-bond donors (Lipinski definition) is 3. The third kappa shape index (κ3) is 3.23. The van der Waals surface area contributed by atoms with E-state index in [1.165, 1.54) is 12.2 Å². The topological polar surface area (TPSA) is 86.6 Å². The van der Waals surface area contributed by atoms with Crippen LogP contribution in [-0.4, -0.2) is 45.8 Å². The van der Waals surface area contributed by atoms with Gasteiger partial charge in [-0.1, -0.05) is 51.7 Å². The molecular weight excluding hydrogens is 421 g/mol. The standard InChI is InChI=1S/C27H40FNO4/c1-5-6-7-8-13-29-23(32)27(33)17(2)14-21-20-10-9-18-15-19(30)11-12-24(18,3)26(20,28)22(31)16-25(21,27)4/h11-12,15,17,20-22,31,33H,5-10,13-14,16H2,1-4H3,(H,29,32)/t17-,20?,21+,22+,24+,25+,26+,27+/m1/s1. The van der Waals surface area contributed by atoms with Crippen LogP contribution in [0.5, 0.6) is 0 Å². The van der Waals surface area contributed by atoms with Crippen LogP contribution in [-0.2, 0) is 9.59 Å². The zero-order valence-electron chi connectivity index (χ0n) is 20.5. The Kier molecular flexibility index (Phi) is 6.18. The lowest BCUT2D eigenvalue weighted by Gasteiger charge is -2.62. The molecule has 0 aromatic carbocycles. The van der Waals surface area contributed by atoms with Crippen molar-refractivity contribution in [3.63, 3.8) is 0 Å². The average molecular weight is 462 g/mol. The molecule has 4 aliphatic rings. The van der Waals surface area contributed by atoms with E-state index in [9.17, 15) is 19.8 Å². The Balaban J connectivity index is 1.64. The largest absolute Gasteiger partial charge is 0.390 e. The molecule has 5 nitrogen and oxygen atoms in total. The molecule has 0 saturated heterocycles. The van der Waals surface area contributed by atoms with Crippen molar-refractivity contribution in [2.45, 2.75) is 96.4 Å². The predicted octanol–water partition coefficient (Wildman–Crippen LogP) is 4.03. The van der Waals surface area contributed by atoms with Crippen molar-refractivity contribution < 1.29 is 24.2 Å². The zero-order valence-corrected chi connectivity index (χ0v) is 20.5. The molecular formula is C27H40FNO4. The summed E-state index contributed by atoms with van der Waals surface area (Å²) in [5, 5.41) is 26.2. The van der Waals surface area contributed by atoms with Crippen molar-refractivity contribution in [3.8, 4) is 0 Å². The van der Waals surface area contributed by atoms with Gasteiger partial charge in [0.1, 0.15) is 0 Å². The first-order valence-corrected chi connectivity index (χ1v) is 12.8.